The third kappa shape index (κ3) is 3.82. The van der Waals surface area contributed by atoms with Gasteiger partial charge >= 0.3 is 14.2 Å². The largest absolute Gasteiger partial charge is 0.489 e. The zero-order chi connectivity index (χ0) is 28.4. The Bertz CT molecular complexity index is 2070. The van der Waals surface area contributed by atoms with Crippen LogP contribution in [0, 0.1) is 13.8 Å². The maximum Gasteiger partial charge on any atom is 0.489 e. The molecule has 1 aromatic heterocycles. The van der Waals surface area contributed by atoms with Gasteiger partial charge in [0.25, 0.3) is 0 Å². The molecule has 4 N–H and O–H groups in total. The van der Waals surface area contributed by atoms with Crippen molar-refractivity contribution in [1.29, 1.82) is 0 Å². The van der Waals surface area contributed by atoms with Gasteiger partial charge in [-0.3, -0.25) is 0 Å². The third-order valence-corrected chi connectivity index (χ3v) is 8.27. The maximum atomic E-state index is 10.7. The Morgan fingerprint density at radius 2 is 0.976 bits per heavy atom. The Kier molecular flexibility index (Phi) is 6.00. The van der Waals surface area contributed by atoms with Gasteiger partial charge < -0.3 is 24.7 Å². The Morgan fingerprint density at radius 1 is 0.512 bits per heavy atom. The second-order valence-electron chi connectivity index (χ2n) is 10.7. The van der Waals surface area contributed by atoms with E-state index in [1.165, 1.54) is 10.8 Å². The molecule has 7 aromatic rings. The number of rotatable bonds is 4. The monoisotopic (exact) mass is 535 g/mol. The van der Waals surface area contributed by atoms with E-state index in [2.05, 4.69) is 79.1 Å². The smallest absolute Gasteiger partial charge is 0.423 e. The molecule has 0 radical (unpaired) electrons. The minimum absolute atomic E-state index is 0.346. The number of para-hydroxylation sites is 2. The highest BCUT2D eigenvalue weighted by Gasteiger charge is 2.28. The minimum Gasteiger partial charge on any atom is -0.423 e. The fourth-order valence-corrected chi connectivity index (χ4v) is 6.75. The van der Waals surface area contributed by atoms with Crippen LogP contribution in [0.4, 0.5) is 0 Å². The van der Waals surface area contributed by atoms with Crippen molar-refractivity contribution in [3.8, 4) is 16.8 Å². The number of fused-ring (bicyclic) bond motifs is 5. The molecule has 7 heteroatoms. The lowest BCUT2D eigenvalue weighted by molar-refractivity contribution is 0.425. The van der Waals surface area contributed by atoms with Crippen molar-refractivity contribution in [2.75, 3.05) is 0 Å². The summed E-state index contributed by atoms with van der Waals surface area (Å²) in [6.07, 6.45) is 0. The van der Waals surface area contributed by atoms with Crippen LogP contribution < -0.4 is 10.9 Å². The molecular formula is C34H27B2NO4. The van der Waals surface area contributed by atoms with Gasteiger partial charge in [0.05, 0.1) is 11.0 Å². The van der Waals surface area contributed by atoms with Gasteiger partial charge in [0.15, 0.2) is 0 Å². The van der Waals surface area contributed by atoms with Crippen molar-refractivity contribution in [3.05, 3.63) is 114 Å². The van der Waals surface area contributed by atoms with E-state index in [1.807, 2.05) is 24.3 Å². The summed E-state index contributed by atoms with van der Waals surface area (Å²) < 4.78 is 2.29. The average Bonchev–Trinajstić information content (AvgIpc) is 3.29. The van der Waals surface area contributed by atoms with Crippen LogP contribution in [0.2, 0.25) is 0 Å². The summed E-state index contributed by atoms with van der Waals surface area (Å²) in [5.74, 6) is 0. The van der Waals surface area contributed by atoms with Gasteiger partial charge in [0, 0.05) is 16.5 Å². The van der Waals surface area contributed by atoms with E-state index in [-0.39, 0.29) is 0 Å². The van der Waals surface area contributed by atoms with Gasteiger partial charge in [0.1, 0.15) is 0 Å². The summed E-state index contributed by atoms with van der Waals surface area (Å²) in [6, 6.07) is 34.0. The fraction of sp³-hybridized carbons (Fsp3) is 0.0588. The minimum atomic E-state index is -1.76. The van der Waals surface area contributed by atoms with Gasteiger partial charge in [-0.15, -0.1) is 0 Å². The highest BCUT2D eigenvalue weighted by molar-refractivity contribution is 6.71. The molecule has 0 spiro atoms. The molecule has 0 fully saturated rings. The molecule has 0 unspecified atom stereocenters. The topological polar surface area (TPSA) is 85.9 Å². The van der Waals surface area contributed by atoms with Crippen molar-refractivity contribution < 1.29 is 20.1 Å². The first-order chi connectivity index (χ1) is 19.9. The van der Waals surface area contributed by atoms with E-state index in [0.717, 1.165) is 39.0 Å². The molecule has 198 valence electrons. The van der Waals surface area contributed by atoms with E-state index in [9.17, 15) is 20.1 Å². The number of nitrogens with zero attached hydrogens (tertiary/aromatic N) is 1. The van der Waals surface area contributed by atoms with Crippen molar-refractivity contribution in [2.24, 2.45) is 0 Å². The Balaban J connectivity index is 1.55. The first kappa shape index (κ1) is 25.6. The predicted molar refractivity (Wildman–Crippen MR) is 170 cm³/mol. The molecule has 0 saturated carbocycles. The van der Waals surface area contributed by atoms with Gasteiger partial charge in [-0.1, -0.05) is 78.9 Å². The molecule has 5 nitrogen and oxygen atoms in total. The molecule has 0 amide bonds. The number of hydrogen-bond donors (Lipinski definition) is 4. The second-order valence-corrected chi connectivity index (χ2v) is 10.7. The molecule has 1 heterocycles. The quantitative estimate of drug-likeness (QED) is 0.194. The van der Waals surface area contributed by atoms with E-state index < -0.39 is 14.2 Å². The summed E-state index contributed by atoms with van der Waals surface area (Å²) in [4.78, 5) is 0. The summed E-state index contributed by atoms with van der Waals surface area (Å²) in [7, 11) is -3.49. The molecule has 41 heavy (non-hydrogen) atoms. The predicted octanol–water partition coefficient (Wildman–Crippen LogP) is 4.73. The van der Waals surface area contributed by atoms with E-state index in [4.69, 9.17) is 0 Å². The van der Waals surface area contributed by atoms with Crippen molar-refractivity contribution in [3.63, 3.8) is 0 Å². The van der Waals surface area contributed by atoms with Crippen LogP contribution in [0.25, 0.3) is 60.2 Å². The fourth-order valence-electron chi connectivity index (χ4n) is 6.75. The summed E-state index contributed by atoms with van der Waals surface area (Å²) in [5, 5.41) is 46.9. The average molecular weight is 535 g/mol. The summed E-state index contributed by atoms with van der Waals surface area (Å²) in [6.45, 7) is 4.13. The Hall–Kier alpha value is -4.39. The third-order valence-electron chi connectivity index (χ3n) is 8.27. The molecule has 0 saturated heterocycles. The highest BCUT2D eigenvalue weighted by atomic mass is 16.4. The van der Waals surface area contributed by atoms with Crippen molar-refractivity contribution in [2.45, 2.75) is 13.8 Å². The molecular weight excluding hydrogens is 508 g/mol. The molecule has 0 atom stereocenters. The van der Waals surface area contributed by atoms with Crippen LogP contribution in [-0.2, 0) is 0 Å². The molecule has 0 aliphatic rings. The first-order valence-corrected chi connectivity index (χ1v) is 13.7. The van der Waals surface area contributed by atoms with Gasteiger partial charge in [-0.25, -0.2) is 0 Å². The lowest BCUT2D eigenvalue weighted by Gasteiger charge is -2.21. The van der Waals surface area contributed by atoms with Gasteiger partial charge in [-0.05, 0) is 92.8 Å². The lowest BCUT2D eigenvalue weighted by Crippen LogP contribution is -2.38. The van der Waals surface area contributed by atoms with Crippen LogP contribution in [0.5, 0.6) is 0 Å². The maximum absolute atomic E-state index is 10.7. The number of aromatic nitrogens is 1. The SMILES string of the molecule is Cc1cc(-n2c3ccccc3c3ccccc32)cc(C)c1-c1cccc2c(B(O)O)c3ccccc3c(B(O)O)c12. The molecule has 0 aliphatic carbocycles. The normalized spacial score (nSPS) is 11.7. The lowest BCUT2D eigenvalue weighted by atomic mass is 9.66. The number of aryl methyl sites for hydroxylation is 2. The van der Waals surface area contributed by atoms with E-state index in [0.29, 0.717) is 32.5 Å². The first-order valence-electron chi connectivity index (χ1n) is 13.7. The number of benzene rings is 6. The zero-order valence-corrected chi connectivity index (χ0v) is 22.7. The molecule has 6 aromatic carbocycles. The van der Waals surface area contributed by atoms with Crippen molar-refractivity contribution in [1.82, 2.24) is 4.57 Å². The van der Waals surface area contributed by atoms with E-state index in [1.54, 1.807) is 18.2 Å². The van der Waals surface area contributed by atoms with Crippen LogP contribution in [-0.4, -0.2) is 38.9 Å². The number of hydrogen-bond acceptors (Lipinski definition) is 4. The van der Waals surface area contributed by atoms with Crippen LogP contribution in [0.3, 0.4) is 0 Å². The zero-order valence-electron chi connectivity index (χ0n) is 22.7. The Labute approximate surface area is 237 Å². The van der Waals surface area contributed by atoms with Gasteiger partial charge in [0.2, 0.25) is 0 Å². The highest BCUT2D eigenvalue weighted by Crippen LogP contribution is 2.38. The van der Waals surface area contributed by atoms with E-state index >= 15 is 0 Å². The standard InChI is InChI=1S/C34H27B2NO4/c1-20-18-22(37-29-16-7-5-10-23(29)24-11-6-8-17-30(24)37)19-21(2)31(20)27-14-9-15-28-32(27)34(36(40)41)26-13-4-3-12-25(26)33(28)35(38)39/h3-19,38-41H,1-2H3. The molecule has 7 rings (SSSR count). The molecule has 0 aliphatic heterocycles. The van der Waals surface area contributed by atoms with Crippen molar-refractivity contribution >= 4 is 68.5 Å². The van der Waals surface area contributed by atoms with Crippen LogP contribution in [0.15, 0.2) is 103 Å². The van der Waals surface area contributed by atoms with Gasteiger partial charge in [-0.2, -0.15) is 0 Å². The van der Waals surface area contributed by atoms with Crippen LogP contribution >= 0.6 is 0 Å². The Morgan fingerprint density at radius 3 is 1.51 bits per heavy atom. The summed E-state index contributed by atoms with van der Waals surface area (Å²) >= 11 is 0. The molecule has 0 bridgehead atoms. The second kappa shape index (κ2) is 9.61. The van der Waals surface area contributed by atoms with Crippen LogP contribution in [0.1, 0.15) is 11.1 Å². The summed E-state index contributed by atoms with van der Waals surface area (Å²) in [5.41, 5.74) is 7.81.